The molecular weight excluding hydrogens is 324 g/mol. The van der Waals surface area contributed by atoms with Gasteiger partial charge in [-0.15, -0.1) is 0 Å². The van der Waals surface area contributed by atoms with Gasteiger partial charge in [0.15, 0.2) is 0 Å². The molecule has 2 N–H and O–H groups in total. The fourth-order valence-electron chi connectivity index (χ4n) is 3.47. The van der Waals surface area contributed by atoms with Gasteiger partial charge >= 0.3 is 0 Å². The van der Waals surface area contributed by atoms with Crippen LogP contribution in [-0.4, -0.2) is 18.4 Å². The third kappa shape index (κ3) is 3.54. The summed E-state index contributed by atoms with van der Waals surface area (Å²) in [5, 5.41) is 0. The summed E-state index contributed by atoms with van der Waals surface area (Å²) in [5.74, 6) is -0.495. The van der Waals surface area contributed by atoms with Gasteiger partial charge in [-0.2, -0.15) is 0 Å². The van der Waals surface area contributed by atoms with Gasteiger partial charge in [0, 0.05) is 23.9 Å². The molecule has 0 fully saturated rings. The van der Waals surface area contributed by atoms with Gasteiger partial charge < -0.3 is 10.6 Å². The van der Waals surface area contributed by atoms with E-state index in [9.17, 15) is 9.59 Å². The fraction of sp³-hybridized carbons (Fsp3) is 0.273. The lowest BCUT2D eigenvalue weighted by Crippen LogP contribution is -2.35. The SMILES string of the molecule is CC/C(=C\C(=O)N1CCCc2c(C(N)=O)cccc21)c1ccc(C)cc1. The molecular formula is C22H24N2O2. The number of nitrogens with zero attached hydrogens (tertiary/aromatic N) is 1. The second kappa shape index (κ2) is 7.56. The normalized spacial score (nSPS) is 14.1. The Kier molecular flexibility index (Phi) is 5.21. The number of aryl methyl sites for hydroxylation is 1. The van der Waals surface area contributed by atoms with E-state index in [1.807, 2.05) is 32.0 Å². The minimum absolute atomic E-state index is 0.0509. The molecule has 2 aromatic carbocycles. The quantitative estimate of drug-likeness (QED) is 0.853. The molecule has 1 aliphatic rings. The maximum atomic E-state index is 13.0. The predicted molar refractivity (Wildman–Crippen MR) is 105 cm³/mol. The third-order valence-corrected chi connectivity index (χ3v) is 4.88. The van der Waals surface area contributed by atoms with Gasteiger partial charge in [-0.05, 0) is 55.0 Å². The Hall–Kier alpha value is -2.88. The van der Waals surface area contributed by atoms with Crippen LogP contribution in [0.15, 0.2) is 48.5 Å². The summed E-state index contributed by atoms with van der Waals surface area (Å²) < 4.78 is 0. The summed E-state index contributed by atoms with van der Waals surface area (Å²) in [4.78, 5) is 26.4. The topological polar surface area (TPSA) is 63.4 Å². The first-order valence-corrected chi connectivity index (χ1v) is 9.02. The molecule has 0 aliphatic carbocycles. The number of anilines is 1. The maximum absolute atomic E-state index is 13.0. The van der Waals surface area contributed by atoms with Crippen molar-refractivity contribution in [1.82, 2.24) is 0 Å². The highest BCUT2D eigenvalue weighted by molar-refractivity contribution is 6.07. The molecule has 0 bridgehead atoms. The highest BCUT2D eigenvalue weighted by Crippen LogP contribution is 2.30. The van der Waals surface area contributed by atoms with Crippen LogP contribution in [0.4, 0.5) is 5.69 Å². The first-order valence-electron chi connectivity index (χ1n) is 9.02. The molecule has 4 heteroatoms. The Balaban J connectivity index is 1.95. The number of fused-ring (bicyclic) bond motifs is 1. The Labute approximate surface area is 154 Å². The molecule has 1 heterocycles. The molecule has 0 saturated carbocycles. The van der Waals surface area contributed by atoms with Crippen LogP contribution in [0.1, 0.15) is 46.8 Å². The van der Waals surface area contributed by atoms with E-state index in [0.717, 1.165) is 41.6 Å². The molecule has 0 aromatic heterocycles. The first kappa shape index (κ1) is 17.9. The molecule has 3 rings (SSSR count). The number of primary amides is 1. The van der Waals surface area contributed by atoms with Crippen LogP contribution in [0.3, 0.4) is 0 Å². The number of allylic oxidation sites excluding steroid dienone is 1. The van der Waals surface area contributed by atoms with Crippen molar-refractivity contribution in [2.24, 2.45) is 5.73 Å². The number of rotatable bonds is 4. The standard InChI is InChI=1S/C22H24N2O2/c1-3-16(17-11-9-15(2)10-12-17)14-21(25)24-13-5-7-18-19(22(23)26)6-4-8-20(18)24/h4,6,8-12,14H,3,5,7,13H2,1-2H3,(H2,23,26)/b16-14+. The molecule has 1 aliphatic heterocycles. The van der Waals surface area contributed by atoms with Crippen LogP contribution < -0.4 is 10.6 Å². The van der Waals surface area contributed by atoms with E-state index < -0.39 is 5.91 Å². The Bertz CT molecular complexity index is 866. The van der Waals surface area contributed by atoms with Crippen molar-refractivity contribution in [3.05, 3.63) is 70.8 Å². The molecule has 2 aromatic rings. The highest BCUT2D eigenvalue weighted by Gasteiger charge is 2.24. The lowest BCUT2D eigenvalue weighted by molar-refractivity contribution is -0.114. The van der Waals surface area contributed by atoms with Gasteiger partial charge in [0.25, 0.3) is 5.91 Å². The van der Waals surface area contributed by atoms with Crippen LogP contribution in [0.25, 0.3) is 5.57 Å². The number of carbonyl (C=O) groups excluding carboxylic acids is 2. The summed E-state index contributed by atoms with van der Waals surface area (Å²) in [6, 6.07) is 13.6. The lowest BCUT2D eigenvalue weighted by Gasteiger charge is -2.30. The van der Waals surface area contributed by atoms with E-state index in [1.54, 1.807) is 23.1 Å². The van der Waals surface area contributed by atoms with Crippen LogP contribution in [0, 0.1) is 6.92 Å². The number of hydrogen-bond acceptors (Lipinski definition) is 2. The molecule has 0 radical (unpaired) electrons. The number of benzene rings is 2. The predicted octanol–water partition coefficient (Wildman–Crippen LogP) is 3.87. The van der Waals surface area contributed by atoms with Gasteiger partial charge in [0.05, 0.1) is 0 Å². The zero-order valence-electron chi connectivity index (χ0n) is 15.3. The van der Waals surface area contributed by atoms with Gasteiger partial charge in [-0.25, -0.2) is 0 Å². The van der Waals surface area contributed by atoms with E-state index in [-0.39, 0.29) is 5.91 Å². The van der Waals surface area contributed by atoms with E-state index in [0.29, 0.717) is 12.1 Å². The average molecular weight is 348 g/mol. The zero-order valence-corrected chi connectivity index (χ0v) is 15.3. The van der Waals surface area contributed by atoms with Gasteiger partial charge in [0.1, 0.15) is 0 Å². The molecule has 134 valence electrons. The van der Waals surface area contributed by atoms with E-state index in [4.69, 9.17) is 5.73 Å². The molecule has 2 amide bonds. The minimum atomic E-state index is -0.444. The van der Waals surface area contributed by atoms with Crippen LogP contribution >= 0.6 is 0 Å². The number of nitrogens with two attached hydrogens (primary N) is 1. The molecule has 0 unspecified atom stereocenters. The Morgan fingerprint density at radius 3 is 2.54 bits per heavy atom. The lowest BCUT2D eigenvalue weighted by atomic mass is 9.95. The van der Waals surface area contributed by atoms with Gasteiger partial charge in [0.2, 0.25) is 5.91 Å². The van der Waals surface area contributed by atoms with Crippen molar-refractivity contribution >= 4 is 23.1 Å². The Morgan fingerprint density at radius 1 is 1.15 bits per heavy atom. The van der Waals surface area contributed by atoms with Gasteiger partial charge in [-0.3, -0.25) is 9.59 Å². The number of hydrogen-bond donors (Lipinski definition) is 1. The van der Waals surface area contributed by atoms with Crippen LogP contribution in [-0.2, 0) is 11.2 Å². The van der Waals surface area contributed by atoms with Crippen molar-refractivity contribution in [2.75, 3.05) is 11.4 Å². The van der Waals surface area contributed by atoms with E-state index in [1.165, 1.54) is 5.56 Å². The summed E-state index contributed by atoms with van der Waals surface area (Å²) in [7, 11) is 0. The third-order valence-electron chi connectivity index (χ3n) is 4.88. The van der Waals surface area contributed by atoms with Crippen LogP contribution in [0.2, 0.25) is 0 Å². The second-order valence-electron chi connectivity index (χ2n) is 6.65. The summed E-state index contributed by atoms with van der Waals surface area (Å²) in [6.45, 7) is 4.75. The zero-order chi connectivity index (χ0) is 18.7. The van der Waals surface area contributed by atoms with E-state index >= 15 is 0 Å². The fourth-order valence-corrected chi connectivity index (χ4v) is 3.47. The van der Waals surface area contributed by atoms with Crippen LogP contribution in [0.5, 0.6) is 0 Å². The van der Waals surface area contributed by atoms with E-state index in [2.05, 4.69) is 12.1 Å². The number of amides is 2. The minimum Gasteiger partial charge on any atom is -0.366 e. The maximum Gasteiger partial charge on any atom is 0.251 e. The van der Waals surface area contributed by atoms with Gasteiger partial charge in [-0.1, -0.05) is 42.8 Å². The Morgan fingerprint density at radius 2 is 1.88 bits per heavy atom. The van der Waals surface area contributed by atoms with Crippen molar-refractivity contribution in [2.45, 2.75) is 33.1 Å². The molecule has 26 heavy (non-hydrogen) atoms. The highest BCUT2D eigenvalue weighted by atomic mass is 16.2. The first-order chi connectivity index (χ1) is 12.5. The second-order valence-corrected chi connectivity index (χ2v) is 6.65. The smallest absolute Gasteiger partial charge is 0.251 e. The van der Waals surface area contributed by atoms with Crippen molar-refractivity contribution < 1.29 is 9.59 Å². The summed E-state index contributed by atoms with van der Waals surface area (Å²) in [6.07, 6.45) is 4.08. The van der Waals surface area contributed by atoms with Crippen molar-refractivity contribution in [1.29, 1.82) is 0 Å². The molecule has 4 nitrogen and oxygen atoms in total. The molecule has 0 atom stereocenters. The summed E-state index contributed by atoms with van der Waals surface area (Å²) >= 11 is 0. The summed E-state index contributed by atoms with van der Waals surface area (Å²) in [5.41, 5.74) is 10.9. The molecule has 0 saturated heterocycles. The van der Waals surface area contributed by atoms with Crippen molar-refractivity contribution in [3.63, 3.8) is 0 Å². The largest absolute Gasteiger partial charge is 0.366 e. The molecule has 0 spiro atoms. The van der Waals surface area contributed by atoms with Crippen molar-refractivity contribution in [3.8, 4) is 0 Å². The monoisotopic (exact) mass is 348 g/mol. The average Bonchev–Trinajstić information content (AvgIpc) is 2.65. The number of carbonyl (C=O) groups is 2.